The molecule has 0 spiro atoms. The van der Waals surface area contributed by atoms with Crippen LogP contribution in [-0.4, -0.2) is 40.1 Å². The molecule has 1 aromatic carbocycles. The van der Waals surface area contributed by atoms with E-state index in [1.165, 1.54) is 0 Å². The number of aliphatic carboxylic acids is 1. The molecule has 2 N–H and O–H groups in total. The summed E-state index contributed by atoms with van der Waals surface area (Å²) in [5, 5.41) is 19.5. The van der Waals surface area contributed by atoms with Crippen molar-refractivity contribution in [2.75, 3.05) is 13.1 Å². The molecule has 1 aliphatic carbocycles. The van der Waals surface area contributed by atoms with Gasteiger partial charge in [0, 0.05) is 12.5 Å². The quantitative estimate of drug-likeness (QED) is 0.839. The summed E-state index contributed by atoms with van der Waals surface area (Å²) in [4.78, 5) is 25.4. The van der Waals surface area contributed by atoms with Gasteiger partial charge in [-0.15, -0.1) is 0 Å². The van der Waals surface area contributed by atoms with E-state index < -0.39 is 12.1 Å². The van der Waals surface area contributed by atoms with Gasteiger partial charge < -0.3 is 15.1 Å². The molecule has 5 nitrogen and oxygen atoms in total. The van der Waals surface area contributed by atoms with Crippen molar-refractivity contribution in [3.8, 4) is 0 Å². The van der Waals surface area contributed by atoms with Crippen molar-refractivity contribution in [3.05, 3.63) is 35.4 Å². The molecule has 132 valence electrons. The number of hydrogen-bond acceptors (Lipinski definition) is 3. The zero-order valence-corrected chi connectivity index (χ0v) is 14.4. The van der Waals surface area contributed by atoms with Gasteiger partial charge in [-0.2, -0.15) is 0 Å². The number of amides is 1. The first-order valence-electron chi connectivity index (χ1n) is 8.68. The number of hydrogen-bond donors (Lipinski definition) is 2. The van der Waals surface area contributed by atoms with Crippen LogP contribution in [0.15, 0.2) is 24.3 Å². The Kier molecular flexibility index (Phi) is 6.37. The van der Waals surface area contributed by atoms with Crippen molar-refractivity contribution in [2.24, 2.45) is 11.8 Å². The fraction of sp³-hybridized carbons (Fsp3) is 0.579. The lowest BCUT2D eigenvalue weighted by atomic mass is 9.81. The third-order valence-corrected chi connectivity index (χ3v) is 4.97. The van der Waals surface area contributed by atoms with Crippen LogP contribution >= 0.6 is 0 Å². The molecule has 1 saturated carbocycles. The Morgan fingerprint density at radius 2 is 1.67 bits per heavy atom. The average Bonchev–Trinajstić information content (AvgIpc) is 2.59. The summed E-state index contributed by atoms with van der Waals surface area (Å²) in [7, 11) is 0. The van der Waals surface area contributed by atoms with Gasteiger partial charge in [-0.05, 0) is 45.1 Å². The van der Waals surface area contributed by atoms with E-state index in [-0.39, 0.29) is 24.3 Å². The molecule has 0 saturated heterocycles. The maximum atomic E-state index is 12.7. The maximum absolute atomic E-state index is 12.7. The van der Waals surface area contributed by atoms with E-state index in [9.17, 15) is 14.7 Å². The smallest absolute Gasteiger partial charge is 0.306 e. The van der Waals surface area contributed by atoms with Crippen LogP contribution in [0.4, 0.5) is 0 Å². The van der Waals surface area contributed by atoms with Gasteiger partial charge in [0.25, 0.3) is 0 Å². The first-order chi connectivity index (χ1) is 11.4. The zero-order valence-electron chi connectivity index (χ0n) is 14.4. The van der Waals surface area contributed by atoms with E-state index in [4.69, 9.17) is 5.11 Å². The van der Waals surface area contributed by atoms with Gasteiger partial charge in [0.15, 0.2) is 0 Å². The number of carbonyl (C=O) groups excluding carboxylic acids is 1. The number of aliphatic hydroxyl groups excluding tert-OH is 1. The average molecular weight is 333 g/mol. The number of aryl methyl sites for hydroxylation is 1. The standard InChI is InChI=1S/C19H27NO4/c1-3-20(12-17(21)14-6-4-13(2)5-7-14)18(22)15-8-10-16(11-9-15)19(23)24/h4-7,15-17,21H,3,8-12H2,1-2H3,(H,23,24). The van der Waals surface area contributed by atoms with Gasteiger partial charge >= 0.3 is 5.97 Å². The molecule has 24 heavy (non-hydrogen) atoms. The molecular formula is C19H27NO4. The Morgan fingerprint density at radius 3 is 2.17 bits per heavy atom. The van der Waals surface area contributed by atoms with E-state index in [2.05, 4.69) is 0 Å². The molecule has 0 heterocycles. The van der Waals surface area contributed by atoms with Crippen molar-refractivity contribution >= 4 is 11.9 Å². The largest absolute Gasteiger partial charge is 0.481 e. The monoisotopic (exact) mass is 333 g/mol. The van der Waals surface area contributed by atoms with Gasteiger partial charge in [-0.3, -0.25) is 9.59 Å². The van der Waals surface area contributed by atoms with Gasteiger partial charge in [-0.1, -0.05) is 29.8 Å². The van der Waals surface area contributed by atoms with E-state index >= 15 is 0 Å². The van der Waals surface area contributed by atoms with Gasteiger partial charge in [0.05, 0.1) is 18.6 Å². The first-order valence-corrected chi connectivity index (χ1v) is 8.68. The topological polar surface area (TPSA) is 77.8 Å². The molecule has 1 aliphatic rings. The Morgan fingerprint density at radius 1 is 1.12 bits per heavy atom. The summed E-state index contributed by atoms with van der Waals surface area (Å²) >= 11 is 0. The number of nitrogens with zero attached hydrogens (tertiary/aromatic N) is 1. The van der Waals surface area contributed by atoms with Crippen LogP contribution in [0.5, 0.6) is 0 Å². The Hall–Kier alpha value is -1.88. The van der Waals surface area contributed by atoms with Crippen LogP contribution in [-0.2, 0) is 9.59 Å². The number of carbonyl (C=O) groups is 2. The lowest BCUT2D eigenvalue weighted by Gasteiger charge is -2.31. The molecule has 0 aromatic heterocycles. The van der Waals surface area contributed by atoms with Crippen LogP contribution in [0.25, 0.3) is 0 Å². The van der Waals surface area contributed by atoms with Crippen LogP contribution in [0.3, 0.4) is 0 Å². The predicted octanol–water partition coefficient (Wildman–Crippen LogP) is 2.77. The second-order valence-electron chi connectivity index (χ2n) is 6.69. The highest BCUT2D eigenvalue weighted by Gasteiger charge is 2.32. The third-order valence-electron chi connectivity index (χ3n) is 4.97. The fourth-order valence-corrected chi connectivity index (χ4v) is 3.32. The van der Waals surface area contributed by atoms with Crippen molar-refractivity contribution in [1.29, 1.82) is 0 Å². The predicted molar refractivity (Wildman–Crippen MR) is 91.5 cm³/mol. The summed E-state index contributed by atoms with van der Waals surface area (Å²) in [6.07, 6.45) is 1.65. The third kappa shape index (κ3) is 4.57. The summed E-state index contributed by atoms with van der Waals surface area (Å²) < 4.78 is 0. The molecule has 1 aromatic rings. The number of aliphatic hydroxyl groups is 1. The van der Waals surface area contributed by atoms with Crippen LogP contribution in [0, 0.1) is 18.8 Å². The van der Waals surface area contributed by atoms with Crippen molar-refractivity contribution in [3.63, 3.8) is 0 Å². The van der Waals surface area contributed by atoms with Crippen molar-refractivity contribution in [2.45, 2.75) is 45.6 Å². The second-order valence-corrected chi connectivity index (χ2v) is 6.69. The van der Waals surface area contributed by atoms with Crippen molar-refractivity contribution in [1.82, 2.24) is 4.90 Å². The fourth-order valence-electron chi connectivity index (χ4n) is 3.32. The normalized spacial score (nSPS) is 22.0. The zero-order chi connectivity index (χ0) is 17.7. The summed E-state index contributed by atoms with van der Waals surface area (Å²) in [5.41, 5.74) is 1.94. The highest BCUT2D eigenvalue weighted by molar-refractivity contribution is 5.79. The van der Waals surface area contributed by atoms with Crippen molar-refractivity contribution < 1.29 is 19.8 Å². The van der Waals surface area contributed by atoms with Crippen LogP contribution in [0.2, 0.25) is 0 Å². The van der Waals surface area contributed by atoms with Gasteiger partial charge in [0.2, 0.25) is 5.91 Å². The maximum Gasteiger partial charge on any atom is 0.306 e. The summed E-state index contributed by atoms with van der Waals surface area (Å²) in [5.74, 6) is -1.16. The lowest BCUT2D eigenvalue weighted by molar-refractivity contribution is -0.146. The van der Waals surface area contributed by atoms with Gasteiger partial charge in [-0.25, -0.2) is 0 Å². The van der Waals surface area contributed by atoms with Crippen LogP contribution in [0.1, 0.15) is 49.8 Å². The summed E-state index contributed by atoms with van der Waals surface area (Å²) in [6.45, 7) is 4.71. The SMILES string of the molecule is CCN(CC(O)c1ccc(C)cc1)C(=O)C1CCC(C(=O)O)CC1. The Bertz CT molecular complexity index is 561. The molecule has 1 unspecified atom stereocenters. The molecule has 1 amide bonds. The molecule has 2 rings (SSSR count). The molecule has 0 bridgehead atoms. The van der Waals surface area contributed by atoms with E-state index in [1.807, 2.05) is 38.1 Å². The number of carboxylic acid groups (broad SMARTS) is 1. The minimum absolute atomic E-state index is 0.0347. The Labute approximate surface area is 143 Å². The number of carboxylic acids is 1. The molecular weight excluding hydrogens is 306 g/mol. The van der Waals surface area contributed by atoms with Crippen LogP contribution < -0.4 is 0 Å². The second kappa shape index (κ2) is 8.29. The first kappa shape index (κ1) is 18.5. The van der Waals surface area contributed by atoms with E-state index in [0.717, 1.165) is 11.1 Å². The highest BCUT2D eigenvalue weighted by atomic mass is 16.4. The highest BCUT2D eigenvalue weighted by Crippen LogP contribution is 2.30. The summed E-state index contributed by atoms with van der Waals surface area (Å²) in [6, 6.07) is 7.67. The Balaban J connectivity index is 1.94. The molecule has 1 atom stereocenters. The number of benzene rings is 1. The minimum Gasteiger partial charge on any atom is -0.481 e. The lowest BCUT2D eigenvalue weighted by Crippen LogP contribution is -2.40. The van der Waals surface area contributed by atoms with E-state index in [1.54, 1.807) is 4.90 Å². The molecule has 0 aliphatic heterocycles. The van der Waals surface area contributed by atoms with E-state index in [0.29, 0.717) is 32.2 Å². The molecule has 1 fully saturated rings. The number of likely N-dealkylation sites (N-methyl/N-ethyl adjacent to an activating group) is 1. The minimum atomic E-state index is -0.761. The molecule has 5 heteroatoms. The van der Waals surface area contributed by atoms with Gasteiger partial charge in [0.1, 0.15) is 0 Å². The molecule has 0 radical (unpaired) electrons. The number of rotatable bonds is 6.